The van der Waals surface area contributed by atoms with E-state index < -0.39 is 17.3 Å². The molecular weight excluding hydrogens is 407 g/mol. The van der Waals surface area contributed by atoms with Crippen LogP contribution in [-0.4, -0.2) is 40.9 Å². The number of rotatable bonds is 8. The molecule has 0 bridgehead atoms. The monoisotopic (exact) mass is 422 g/mol. The lowest BCUT2D eigenvalue weighted by Gasteiger charge is -2.08. The van der Waals surface area contributed by atoms with Crippen molar-refractivity contribution in [3.05, 3.63) is 52.3 Å². The second-order valence-electron chi connectivity index (χ2n) is 5.78. The number of fused-ring (bicyclic) bond motifs is 1. The molecule has 0 fully saturated rings. The summed E-state index contributed by atoms with van der Waals surface area (Å²) in [5.41, 5.74) is -0.145. The average molecular weight is 423 g/mol. The molecular formula is C18H16ClFN4O5. The zero-order chi connectivity index (χ0) is 21.0. The minimum atomic E-state index is -0.640. The van der Waals surface area contributed by atoms with Gasteiger partial charge in [0.1, 0.15) is 17.9 Å². The van der Waals surface area contributed by atoms with Crippen LogP contribution in [0.25, 0.3) is 16.8 Å². The molecule has 152 valence electrons. The molecule has 2 heterocycles. The van der Waals surface area contributed by atoms with Gasteiger partial charge in [-0.05, 0) is 12.1 Å². The maximum atomic E-state index is 13.3. The van der Waals surface area contributed by atoms with E-state index in [0.29, 0.717) is 5.70 Å². The van der Waals surface area contributed by atoms with Crippen molar-refractivity contribution in [3.8, 4) is 11.6 Å². The van der Waals surface area contributed by atoms with Crippen molar-refractivity contribution in [1.29, 1.82) is 0 Å². The first kappa shape index (κ1) is 20.3. The Morgan fingerprint density at radius 3 is 2.93 bits per heavy atom. The van der Waals surface area contributed by atoms with Crippen LogP contribution in [0.15, 0.2) is 40.4 Å². The van der Waals surface area contributed by atoms with Gasteiger partial charge in [0, 0.05) is 19.0 Å². The highest BCUT2D eigenvalue weighted by Crippen LogP contribution is 2.21. The Balaban J connectivity index is 1.54. The first-order valence-corrected chi connectivity index (χ1v) is 8.72. The van der Waals surface area contributed by atoms with Crippen LogP contribution in [0.5, 0.6) is 11.6 Å². The molecule has 0 unspecified atom stereocenters. The Hall–Kier alpha value is -3.40. The molecule has 1 aromatic carbocycles. The van der Waals surface area contributed by atoms with Crippen LogP contribution >= 0.6 is 11.6 Å². The molecule has 0 aliphatic rings. The van der Waals surface area contributed by atoms with Crippen LogP contribution in [-0.2, 0) is 4.79 Å². The Bertz CT molecular complexity index is 1130. The average Bonchev–Trinajstić information content (AvgIpc) is 3.05. The van der Waals surface area contributed by atoms with Gasteiger partial charge >= 0.3 is 5.56 Å². The number of amides is 1. The number of nitrogens with zero attached hydrogens (tertiary/aromatic N) is 3. The number of methoxy groups -OCH3 is 1. The molecule has 1 amide bonds. The van der Waals surface area contributed by atoms with E-state index in [1.165, 1.54) is 25.6 Å². The Morgan fingerprint density at radius 1 is 1.41 bits per heavy atom. The van der Waals surface area contributed by atoms with Gasteiger partial charge in [-0.2, -0.15) is 4.98 Å². The lowest BCUT2D eigenvalue weighted by Crippen LogP contribution is -2.30. The summed E-state index contributed by atoms with van der Waals surface area (Å²) in [7, 11) is 1.38. The molecule has 0 saturated heterocycles. The van der Waals surface area contributed by atoms with Crippen molar-refractivity contribution in [2.45, 2.75) is 6.42 Å². The van der Waals surface area contributed by atoms with Gasteiger partial charge in [-0.15, -0.1) is 4.74 Å². The van der Waals surface area contributed by atoms with Crippen molar-refractivity contribution in [1.82, 2.24) is 20.0 Å². The first-order valence-electron chi connectivity index (χ1n) is 8.34. The maximum absolute atomic E-state index is 13.3. The van der Waals surface area contributed by atoms with Gasteiger partial charge < -0.3 is 19.3 Å². The summed E-state index contributed by atoms with van der Waals surface area (Å²) in [5.74, 6) is -0.800. The summed E-state index contributed by atoms with van der Waals surface area (Å²) >= 11 is 5.58. The molecule has 0 spiro atoms. The molecule has 3 rings (SSSR count). The van der Waals surface area contributed by atoms with Crippen molar-refractivity contribution in [2.75, 3.05) is 20.3 Å². The highest BCUT2D eigenvalue weighted by Gasteiger charge is 2.18. The third-order valence-corrected chi connectivity index (χ3v) is 4.14. The third kappa shape index (κ3) is 4.54. The summed E-state index contributed by atoms with van der Waals surface area (Å²) in [6.45, 7) is 3.64. The predicted molar refractivity (Wildman–Crippen MR) is 102 cm³/mol. The topological polar surface area (TPSA) is 108 Å². The first-order chi connectivity index (χ1) is 13.9. The van der Waals surface area contributed by atoms with E-state index in [1.807, 2.05) is 0 Å². The van der Waals surface area contributed by atoms with E-state index in [-0.39, 0.29) is 47.3 Å². The number of carbonyl (C=O) groups is 1. The van der Waals surface area contributed by atoms with E-state index in [2.05, 4.69) is 21.9 Å². The second kappa shape index (κ2) is 8.74. The van der Waals surface area contributed by atoms with Crippen LogP contribution in [0.1, 0.15) is 6.42 Å². The van der Waals surface area contributed by atoms with Gasteiger partial charge in [0.25, 0.3) is 11.6 Å². The largest absolute Gasteiger partial charge is 0.484 e. The zero-order valence-corrected chi connectivity index (χ0v) is 16.0. The fourth-order valence-electron chi connectivity index (χ4n) is 2.41. The lowest BCUT2D eigenvalue weighted by molar-refractivity contribution is -0.123. The van der Waals surface area contributed by atoms with E-state index in [0.717, 1.165) is 10.8 Å². The van der Waals surface area contributed by atoms with Crippen molar-refractivity contribution in [2.24, 2.45) is 0 Å². The molecule has 11 heteroatoms. The van der Waals surface area contributed by atoms with Gasteiger partial charge in [-0.1, -0.05) is 18.2 Å². The minimum Gasteiger partial charge on any atom is -0.484 e. The normalized spacial score (nSPS) is 10.7. The van der Waals surface area contributed by atoms with Gasteiger partial charge in [-0.3, -0.25) is 9.59 Å². The van der Waals surface area contributed by atoms with Gasteiger partial charge in [0.15, 0.2) is 12.0 Å². The van der Waals surface area contributed by atoms with E-state index in [4.69, 9.17) is 25.6 Å². The molecule has 9 nitrogen and oxygen atoms in total. The molecule has 29 heavy (non-hydrogen) atoms. The number of hydrogen-bond acceptors (Lipinski definition) is 7. The van der Waals surface area contributed by atoms with Crippen LogP contribution in [0.4, 0.5) is 4.39 Å². The lowest BCUT2D eigenvalue weighted by atomic mass is 10.3. The summed E-state index contributed by atoms with van der Waals surface area (Å²) < 4.78 is 29.9. The van der Waals surface area contributed by atoms with Crippen molar-refractivity contribution in [3.63, 3.8) is 0 Å². The van der Waals surface area contributed by atoms with Gasteiger partial charge in [0.05, 0.1) is 17.8 Å². The van der Waals surface area contributed by atoms with Crippen LogP contribution in [0.3, 0.4) is 0 Å². The molecule has 1 N–H and O–H groups in total. The number of benzene rings is 1. The number of halogens is 2. The smallest absolute Gasteiger partial charge is 0.302 e. The number of nitrogens with one attached hydrogen (secondary N) is 1. The molecule has 0 aliphatic carbocycles. The zero-order valence-electron chi connectivity index (χ0n) is 15.3. The Labute approximate surface area is 168 Å². The minimum absolute atomic E-state index is 0.0373. The summed E-state index contributed by atoms with van der Waals surface area (Å²) in [5, 5.41) is 2.66. The fourth-order valence-corrected chi connectivity index (χ4v) is 2.53. The van der Waals surface area contributed by atoms with Crippen LogP contribution in [0, 0.1) is 5.82 Å². The predicted octanol–water partition coefficient (Wildman–Crippen LogP) is 2.24. The van der Waals surface area contributed by atoms with E-state index in [1.54, 1.807) is 0 Å². The number of aromatic nitrogens is 3. The van der Waals surface area contributed by atoms with Crippen molar-refractivity contribution >= 4 is 34.3 Å². The molecule has 2 aromatic heterocycles. The summed E-state index contributed by atoms with van der Waals surface area (Å²) in [6, 6.07) is 3.87. The second-order valence-corrected chi connectivity index (χ2v) is 6.19. The van der Waals surface area contributed by atoms with Crippen LogP contribution < -0.4 is 20.3 Å². The maximum Gasteiger partial charge on any atom is 0.302 e. The molecule has 0 atom stereocenters. The highest BCUT2D eigenvalue weighted by molar-refractivity contribution is 6.30. The number of carbonyl (C=O) groups excluding carboxylic acids is 1. The number of ether oxygens (including phenoxy) is 2. The van der Waals surface area contributed by atoms with Gasteiger partial charge in [-0.25, -0.2) is 9.37 Å². The molecule has 0 radical (unpaired) electrons. The van der Waals surface area contributed by atoms with E-state index in [9.17, 15) is 14.0 Å². The molecule has 0 aliphatic heterocycles. The van der Waals surface area contributed by atoms with Crippen molar-refractivity contribution < 1.29 is 23.2 Å². The highest BCUT2D eigenvalue weighted by atomic mass is 35.5. The Kier molecular flexibility index (Phi) is 6.13. The summed E-state index contributed by atoms with van der Waals surface area (Å²) in [6.07, 6.45) is 1.43. The Morgan fingerprint density at radius 2 is 2.21 bits per heavy atom. The molecule has 0 saturated carbocycles. The summed E-state index contributed by atoms with van der Waals surface area (Å²) in [4.78, 5) is 32.1. The fraction of sp³-hybridized carbons (Fsp3) is 0.222. The van der Waals surface area contributed by atoms with E-state index >= 15 is 0 Å². The SMILES string of the molecule is C=C(CCNC(=O)COc1ccc(Cl)c(F)c1)n1oc2ncnc(OC)c2c1=O. The van der Waals surface area contributed by atoms with Gasteiger partial charge in [0.2, 0.25) is 5.88 Å². The number of hydrogen-bond donors (Lipinski definition) is 1. The third-order valence-electron chi connectivity index (χ3n) is 3.83. The standard InChI is InChI=1S/C18H16ClFN4O5/c1-10(24-18(26)15-16(27-2)22-9-23-17(15)29-24)5-6-21-14(25)8-28-11-3-4-12(19)13(20)7-11/h3-4,7,9H,1,5-6,8H2,2H3,(H,21,25). The quantitative estimate of drug-likeness (QED) is 0.593. The molecule has 3 aromatic rings. The van der Waals surface area contributed by atoms with Crippen LogP contribution in [0.2, 0.25) is 5.02 Å².